The van der Waals surface area contributed by atoms with E-state index in [1.807, 2.05) is 0 Å². The summed E-state index contributed by atoms with van der Waals surface area (Å²) < 4.78 is 2.24. The first-order valence-corrected chi connectivity index (χ1v) is 14.6. The zero-order valence-corrected chi connectivity index (χ0v) is 24.3. The maximum absolute atomic E-state index is 3.82. The number of fused-ring (bicyclic) bond motifs is 2. The molecule has 0 saturated heterocycles. The van der Waals surface area contributed by atoms with Crippen molar-refractivity contribution in [1.82, 2.24) is 4.57 Å². The SMILES string of the molecule is CC(C)(C)c1ccc(-c2ccccc2Nc2ccccc2-c2ccc3c(ccn3-c3ccccc3)c2)c2ccccc12. The van der Waals surface area contributed by atoms with Crippen LogP contribution in [0.2, 0.25) is 0 Å². The molecule has 0 aliphatic rings. The second-order valence-corrected chi connectivity index (χ2v) is 12.0. The third-order valence-electron chi connectivity index (χ3n) is 8.18. The first kappa shape index (κ1) is 25.9. The zero-order valence-electron chi connectivity index (χ0n) is 24.3. The molecule has 1 N–H and O–H groups in total. The molecule has 0 saturated carbocycles. The van der Waals surface area contributed by atoms with Gasteiger partial charge in [0.15, 0.2) is 0 Å². The lowest BCUT2D eigenvalue weighted by Gasteiger charge is -2.23. The van der Waals surface area contributed by atoms with Gasteiger partial charge in [-0.25, -0.2) is 0 Å². The van der Waals surface area contributed by atoms with Gasteiger partial charge in [-0.05, 0) is 75.3 Å². The van der Waals surface area contributed by atoms with Crippen LogP contribution in [0.15, 0.2) is 146 Å². The quantitative estimate of drug-likeness (QED) is 0.229. The summed E-state index contributed by atoms with van der Waals surface area (Å²) in [5.74, 6) is 0. The summed E-state index contributed by atoms with van der Waals surface area (Å²) in [5.41, 5.74) is 10.8. The van der Waals surface area contributed by atoms with Crippen molar-refractivity contribution < 1.29 is 0 Å². The highest BCUT2D eigenvalue weighted by molar-refractivity contribution is 6.02. The predicted molar refractivity (Wildman–Crippen MR) is 180 cm³/mol. The van der Waals surface area contributed by atoms with Crippen LogP contribution in [-0.2, 0) is 5.41 Å². The molecule has 7 aromatic rings. The third-order valence-corrected chi connectivity index (χ3v) is 8.18. The van der Waals surface area contributed by atoms with Crippen LogP contribution in [0.4, 0.5) is 11.4 Å². The van der Waals surface area contributed by atoms with E-state index in [0.717, 1.165) is 11.4 Å². The molecule has 0 aliphatic heterocycles. The predicted octanol–water partition coefficient (Wildman–Crippen LogP) is 11.2. The van der Waals surface area contributed by atoms with Crippen molar-refractivity contribution in [3.63, 3.8) is 0 Å². The number of anilines is 2. The van der Waals surface area contributed by atoms with E-state index in [9.17, 15) is 0 Å². The number of hydrogen-bond acceptors (Lipinski definition) is 1. The number of hydrogen-bond donors (Lipinski definition) is 1. The Morgan fingerprint density at radius 1 is 0.524 bits per heavy atom. The van der Waals surface area contributed by atoms with Gasteiger partial charge in [-0.1, -0.05) is 118 Å². The molecule has 2 nitrogen and oxygen atoms in total. The molecule has 0 radical (unpaired) electrons. The average Bonchev–Trinajstić information content (AvgIpc) is 3.44. The van der Waals surface area contributed by atoms with Crippen molar-refractivity contribution in [1.29, 1.82) is 0 Å². The second kappa shape index (κ2) is 10.4. The fourth-order valence-electron chi connectivity index (χ4n) is 6.13. The van der Waals surface area contributed by atoms with Crippen LogP contribution >= 0.6 is 0 Å². The second-order valence-electron chi connectivity index (χ2n) is 12.0. The molecule has 204 valence electrons. The molecular weight excluding hydrogens is 508 g/mol. The molecule has 0 aliphatic carbocycles. The Labute approximate surface area is 247 Å². The van der Waals surface area contributed by atoms with E-state index in [-0.39, 0.29) is 5.41 Å². The molecule has 1 heterocycles. The van der Waals surface area contributed by atoms with Crippen LogP contribution in [-0.4, -0.2) is 4.57 Å². The average molecular weight is 543 g/mol. The highest BCUT2D eigenvalue weighted by atomic mass is 15.0. The molecule has 7 rings (SSSR count). The molecule has 0 bridgehead atoms. The number of para-hydroxylation sites is 3. The third kappa shape index (κ3) is 4.65. The van der Waals surface area contributed by atoms with Crippen LogP contribution in [0.5, 0.6) is 0 Å². The lowest BCUT2D eigenvalue weighted by Crippen LogP contribution is -2.11. The van der Waals surface area contributed by atoms with Gasteiger partial charge in [-0.15, -0.1) is 0 Å². The Morgan fingerprint density at radius 3 is 1.93 bits per heavy atom. The minimum Gasteiger partial charge on any atom is -0.355 e. The zero-order chi connectivity index (χ0) is 28.7. The molecule has 1 aromatic heterocycles. The van der Waals surface area contributed by atoms with Crippen LogP contribution in [0, 0.1) is 0 Å². The molecule has 0 atom stereocenters. The van der Waals surface area contributed by atoms with E-state index in [1.165, 1.54) is 55.2 Å². The maximum Gasteiger partial charge on any atom is 0.0528 e. The Balaban J connectivity index is 1.29. The van der Waals surface area contributed by atoms with E-state index in [2.05, 4.69) is 176 Å². The minimum absolute atomic E-state index is 0.0675. The van der Waals surface area contributed by atoms with E-state index in [0.29, 0.717) is 0 Å². The largest absolute Gasteiger partial charge is 0.355 e. The smallest absolute Gasteiger partial charge is 0.0528 e. The summed E-state index contributed by atoms with van der Waals surface area (Å²) in [4.78, 5) is 0. The van der Waals surface area contributed by atoms with Gasteiger partial charge in [-0.3, -0.25) is 0 Å². The normalized spacial score (nSPS) is 11.7. The Bertz CT molecular complexity index is 2040. The lowest BCUT2D eigenvalue weighted by molar-refractivity contribution is 0.596. The number of benzene rings is 6. The minimum atomic E-state index is 0.0675. The van der Waals surface area contributed by atoms with Crippen molar-refractivity contribution >= 4 is 33.1 Å². The molecule has 0 unspecified atom stereocenters. The van der Waals surface area contributed by atoms with E-state index in [4.69, 9.17) is 0 Å². The number of nitrogens with one attached hydrogen (secondary N) is 1. The highest BCUT2D eigenvalue weighted by Crippen LogP contribution is 2.40. The van der Waals surface area contributed by atoms with Gasteiger partial charge in [0.2, 0.25) is 0 Å². The molecule has 2 heteroatoms. The summed E-state index contributed by atoms with van der Waals surface area (Å²) in [6, 6.07) is 50.1. The maximum atomic E-state index is 3.82. The standard InChI is InChI=1S/C40H34N2/c1-40(2,3)36-23-22-33(32-16-7-8-17-34(32)36)35-18-10-12-20-38(35)41-37-19-11-9-15-31(37)28-21-24-39-29(27-28)25-26-42(39)30-13-5-4-6-14-30/h4-27,41H,1-3H3. The van der Waals surface area contributed by atoms with Gasteiger partial charge >= 0.3 is 0 Å². The Hall–Kier alpha value is -5.08. The summed E-state index contributed by atoms with van der Waals surface area (Å²) in [5, 5.41) is 7.63. The number of nitrogens with zero attached hydrogens (tertiary/aromatic N) is 1. The fraction of sp³-hybridized carbons (Fsp3) is 0.100. The molecule has 6 aromatic carbocycles. The van der Waals surface area contributed by atoms with Crippen molar-refractivity contribution in [2.24, 2.45) is 0 Å². The van der Waals surface area contributed by atoms with E-state index >= 15 is 0 Å². The van der Waals surface area contributed by atoms with Gasteiger partial charge in [0.25, 0.3) is 0 Å². The van der Waals surface area contributed by atoms with Crippen LogP contribution in [0.1, 0.15) is 26.3 Å². The molecule has 0 spiro atoms. The van der Waals surface area contributed by atoms with Crippen molar-refractivity contribution in [2.75, 3.05) is 5.32 Å². The first-order chi connectivity index (χ1) is 20.5. The Kier molecular flexibility index (Phi) is 6.40. The van der Waals surface area contributed by atoms with Crippen LogP contribution < -0.4 is 5.32 Å². The molecule has 42 heavy (non-hydrogen) atoms. The molecule has 0 amide bonds. The lowest BCUT2D eigenvalue weighted by atomic mass is 9.82. The number of rotatable bonds is 5. The highest BCUT2D eigenvalue weighted by Gasteiger charge is 2.19. The summed E-state index contributed by atoms with van der Waals surface area (Å²) in [6.07, 6.45) is 2.15. The van der Waals surface area contributed by atoms with Crippen molar-refractivity contribution in [3.8, 4) is 27.9 Å². The van der Waals surface area contributed by atoms with Gasteiger partial charge in [0.1, 0.15) is 0 Å². The van der Waals surface area contributed by atoms with Gasteiger partial charge in [0, 0.05) is 39.8 Å². The van der Waals surface area contributed by atoms with Gasteiger partial charge in [0.05, 0.1) is 5.52 Å². The first-order valence-electron chi connectivity index (χ1n) is 14.6. The van der Waals surface area contributed by atoms with Gasteiger partial charge < -0.3 is 9.88 Å². The number of aromatic nitrogens is 1. The van der Waals surface area contributed by atoms with Crippen LogP contribution in [0.3, 0.4) is 0 Å². The molecular formula is C40H34N2. The van der Waals surface area contributed by atoms with E-state index < -0.39 is 0 Å². The summed E-state index contributed by atoms with van der Waals surface area (Å²) in [7, 11) is 0. The summed E-state index contributed by atoms with van der Waals surface area (Å²) in [6.45, 7) is 6.86. The summed E-state index contributed by atoms with van der Waals surface area (Å²) >= 11 is 0. The fourth-order valence-corrected chi connectivity index (χ4v) is 6.13. The van der Waals surface area contributed by atoms with Crippen molar-refractivity contribution in [2.45, 2.75) is 26.2 Å². The van der Waals surface area contributed by atoms with Gasteiger partial charge in [-0.2, -0.15) is 0 Å². The molecule has 0 fully saturated rings. The topological polar surface area (TPSA) is 17.0 Å². The monoisotopic (exact) mass is 542 g/mol. The van der Waals surface area contributed by atoms with Crippen molar-refractivity contribution in [3.05, 3.63) is 151 Å². The van der Waals surface area contributed by atoms with E-state index in [1.54, 1.807) is 0 Å². The van der Waals surface area contributed by atoms with Crippen LogP contribution in [0.25, 0.3) is 49.6 Å². The Morgan fingerprint density at radius 2 is 1.17 bits per heavy atom.